The summed E-state index contributed by atoms with van der Waals surface area (Å²) in [5.74, 6) is -0.273. The number of nitrogens with zero attached hydrogens (tertiary/aromatic N) is 4. The smallest absolute Gasteiger partial charge is 0.342 e. The summed E-state index contributed by atoms with van der Waals surface area (Å²) in [5.41, 5.74) is -0.0509. The molecule has 3 rings (SSSR count). The van der Waals surface area contributed by atoms with Crippen molar-refractivity contribution >= 4 is 17.8 Å². The molecule has 0 spiro atoms. The minimum absolute atomic E-state index is 0.0509. The van der Waals surface area contributed by atoms with E-state index in [0.717, 1.165) is 0 Å². The molecule has 0 saturated carbocycles. The van der Waals surface area contributed by atoms with Gasteiger partial charge in [-0.25, -0.2) is 14.8 Å². The maximum Gasteiger partial charge on any atom is 0.342 e. The van der Waals surface area contributed by atoms with E-state index < -0.39 is 12.1 Å². The Kier molecular flexibility index (Phi) is 5.93. The van der Waals surface area contributed by atoms with E-state index in [1.807, 2.05) is 4.90 Å². The standard InChI is InChI=1S/C19H22N4O5/c1-13(28-18(26)15-12-14(27-2)4-5-16(15)24)17(25)22-8-10-23(11-9-22)19-20-6-3-7-21-19/h3-7,12-13,24H,8-11H2,1-2H3. The van der Waals surface area contributed by atoms with Gasteiger partial charge >= 0.3 is 5.97 Å². The Morgan fingerprint density at radius 3 is 2.46 bits per heavy atom. The van der Waals surface area contributed by atoms with E-state index in [1.165, 1.54) is 32.2 Å². The highest BCUT2D eigenvalue weighted by atomic mass is 16.5. The Morgan fingerprint density at radius 1 is 1.14 bits per heavy atom. The molecule has 0 aliphatic carbocycles. The first-order valence-electron chi connectivity index (χ1n) is 8.88. The second-order valence-electron chi connectivity index (χ2n) is 6.29. The zero-order valence-corrected chi connectivity index (χ0v) is 15.7. The number of ether oxygens (including phenoxy) is 2. The topological polar surface area (TPSA) is 105 Å². The number of esters is 1. The third kappa shape index (κ3) is 4.30. The SMILES string of the molecule is COc1ccc(O)c(C(=O)OC(C)C(=O)N2CCN(c3ncccn3)CC2)c1. The van der Waals surface area contributed by atoms with Crippen LogP contribution >= 0.6 is 0 Å². The average Bonchev–Trinajstić information content (AvgIpc) is 2.74. The number of rotatable bonds is 5. The molecule has 0 bridgehead atoms. The number of hydrogen-bond acceptors (Lipinski definition) is 8. The minimum atomic E-state index is -0.974. The molecule has 1 atom stereocenters. The third-order valence-electron chi connectivity index (χ3n) is 4.48. The van der Waals surface area contributed by atoms with E-state index in [0.29, 0.717) is 37.9 Å². The van der Waals surface area contributed by atoms with Gasteiger partial charge in [0.1, 0.15) is 17.1 Å². The van der Waals surface area contributed by atoms with Gasteiger partial charge in [-0.15, -0.1) is 0 Å². The van der Waals surface area contributed by atoms with Crippen LogP contribution < -0.4 is 9.64 Å². The van der Waals surface area contributed by atoms with Crippen molar-refractivity contribution in [3.63, 3.8) is 0 Å². The van der Waals surface area contributed by atoms with Crippen LogP contribution in [0, 0.1) is 0 Å². The summed E-state index contributed by atoms with van der Waals surface area (Å²) in [7, 11) is 1.45. The van der Waals surface area contributed by atoms with E-state index in [-0.39, 0.29) is 17.2 Å². The van der Waals surface area contributed by atoms with Crippen LogP contribution in [0.25, 0.3) is 0 Å². The summed E-state index contributed by atoms with van der Waals surface area (Å²) in [4.78, 5) is 37.0. The molecule has 9 heteroatoms. The van der Waals surface area contributed by atoms with Crippen LogP contribution in [0.4, 0.5) is 5.95 Å². The highest BCUT2D eigenvalue weighted by Gasteiger charge is 2.28. The van der Waals surface area contributed by atoms with E-state index in [2.05, 4.69) is 9.97 Å². The summed E-state index contributed by atoms with van der Waals surface area (Å²) in [6.45, 7) is 3.65. The van der Waals surface area contributed by atoms with Crippen molar-refractivity contribution in [1.29, 1.82) is 0 Å². The Morgan fingerprint density at radius 2 is 1.82 bits per heavy atom. The molecule has 1 fully saturated rings. The van der Waals surface area contributed by atoms with Crippen molar-refractivity contribution in [3.8, 4) is 11.5 Å². The number of phenolic OH excluding ortho intramolecular Hbond substituents is 1. The number of aromatic nitrogens is 2. The van der Waals surface area contributed by atoms with Crippen molar-refractivity contribution in [2.45, 2.75) is 13.0 Å². The number of benzene rings is 1. The summed E-state index contributed by atoms with van der Waals surface area (Å²) < 4.78 is 10.3. The van der Waals surface area contributed by atoms with Crippen LogP contribution in [0.5, 0.6) is 11.5 Å². The lowest BCUT2D eigenvalue weighted by Gasteiger charge is -2.35. The fourth-order valence-electron chi connectivity index (χ4n) is 2.92. The molecule has 2 heterocycles. The predicted octanol–water partition coefficient (Wildman–Crippen LogP) is 1.08. The van der Waals surface area contributed by atoms with Crippen LogP contribution in [0.2, 0.25) is 0 Å². The van der Waals surface area contributed by atoms with Gasteiger partial charge in [0, 0.05) is 38.6 Å². The van der Waals surface area contributed by atoms with Crippen LogP contribution in [0.3, 0.4) is 0 Å². The maximum atomic E-state index is 12.6. The summed E-state index contributed by atoms with van der Waals surface area (Å²) in [5, 5.41) is 9.87. The fourth-order valence-corrected chi connectivity index (χ4v) is 2.92. The first-order valence-corrected chi connectivity index (χ1v) is 8.88. The number of carbonyl (C=O) groups excluding carboxylic acids is 2. The first-order chi connectivity index (χ1) is 13.5. The molecule has 1 saturated heterocycles. The van der Waals surface area contributed by atoms with E-state index in [9.17, 15) is 14.7 Å². The second kappa shape index (κ2) is 8.55. The lowest BCUT2D eigenvalue weighted by Crippen LogP contribution is -2.52. The second-order valence-corrected chi connectivity index (χ2v) is 6.29. The van der Waals surface area contributed by atoms with Gasteiger partial charge in [0.15, 0.2) is 6.10 Å². The Labute approximate surface area is 162 Å². The van der Waals surface area contributed by atoms with Gasteiger partial charge in [0.05, 0.1) is 7.11 Å². The van der Waals surface area contributed by atoms with Crippen molar-refractivity contribution < 1.29 is 24.2 Å². The molecular weight excluding hydrogens is 364 g/mol. The average molecular weight is 386 g/mol. The molecule has 1 aliphatic rings. The van der Waals surface area contributed by atoms with Gasteiger partial charge in [-0.1, -0.05) is 0 Å². The molecule has 148 valence electrons. The first kappa shape index (κ1) is 19.4. The van der Waals surface area contributed by atoms with Crippen LogP contribution in [-0.4, -0.2) is 71.2 Å². The van der Waals surface area contributed by atoms with Crippen molar-refractivity contribution in [2.24, 2.45) is 0 Å². The maximum absolute atomic E-state index is 12.6. The van der Waals surface area contributed by atoms with Gasteiger partial charge in [0.2, 0.25) is 5.95 Å². The van der Waals surface area contributed by atoms with Crippen LogP contribution in [0.15, 0.2) is 36.7 Å². The number of hydrogen-bond donors (Lipinski definition) is 1. The number of piperazine rings is 1. The highest BCUT2D eigenvalue weighted by Crippen LogP contribution is 2.24. The molecule has 1 aromatic carbocycles. The normalized spacial score (nSPS) is 15.1. The van der Waals surface area contributed by atoms with Gasteiger partial charge in [0.25, 0.3) is 5.91 Å². The van der Waals surface area contributed by atoms with E-state index in [1.54, 1.807) is 23.4 Å². The van der Waals surface area contributed by atoms with Crippen molar-refractivity contribution in [1.82, 2.24) is 14.9 Å². The Bertz CT molecular complexity index is 837. The predicted molar refractivity (Wildman–Crippen MR) is 100 cm³/mol. The summed E-state index contributed by atoms with van der Waals surface area (Å²) >= 11 is 0. The third-order valence-corrected chi connectivity index (χ3v) is 4.48. The fraction of sp³-hybridized carbons (Fsp3) is 0.368. The van der Waals surface area contributed by atoms with Crippen molar-refractivity contribution in [3.05, 3.63) is 42.2 Å². The number of aromatic hydroxyl groups is 1. The lowest BCUT2D eigenvalue weighted by atomic mass is 10.2. The van der Waals surface area contributed by atoms with Gasteiger partial charge in [-0.2, -0.15) is 0 Å². The quantitative estimate of drug-likeness (QED) is 0.762. The van der Waals surface area contributed by atoms with Crippen LogP contribution in [-0.2, 0) is 9.53 Å². The zero-order chi connectivity index (χ0) is 20.1. The van der Waals surface area contributed by atoms with Gasteiger partial charge in [-0.05, 0) is 31.2 Å². The van der Waals surface area contributed by atoms with Gasteiger partial charge < -0.3 is 24.4 Å². The number of carbonyl (C=O) groups is 2. The van der Waals surface area contributed by atoms with E-state index in [4.69, 9.17) is 9.47 Å². The van der Waals surface area contributed by atoms with Gasteiger partial charge in [-0.3, -0.25) is 4.79 Å². The minimum Gasteiger partial charge on any atom is -0.507 e. The molecule has 1 aromatic heterocycles. The molecule has 28 heavy (non-hydrogen) atoms. The molecule has 2 aromatic rings. The lowest BCUT2D eigenvalue weighted by molar-refractivity contribution is -0.140. The monoisotopic (exact) mass is 386 g/mol. The Balaban J connectivity index is 1.57. The van der Waals surface area contributed by atoms with E-state index >= 15 is 0 Å². The highest BCUT2D eigenvalue weighted by molar-refractivity contribution is 5.95. The molecule has 1 amide bonds. The Hall–Kier alpha value is -3.36. The largest absolute Gasteiger partial charge is 0.507 e. The molecule has 1 unspecified atom stereocenters. The van der Waals surface area contributed by atoms with Crippen LogP contribution in [0.1, 0.15) is 17.3 Å². The number of phenols is 1. The molecule has 0 radical (unpaired) electrons. The summed E-state index contributed by atoms with van der Waals surface area (Å²) in [6, 6.07) is 5.98. The summed E-state index contributed by atoms with van der Waals surface area (Å²) in [6.07, 6.45) is 2.38. The molecular formula is C19H22N4O5. The number of amides is 1. The molecule has 1 N–H and O–H groups in total. The zero-order valence-electron chi connectivity index (χ0n) is 15.7. The molecule has 9 nitrogen and oxygen atoms in total. The number of anilines is 1. The number of methoxy groups -OCH3 is 1. The molecule has 1 aliphatic heterocycles. The van der Waals surface area contributed by atoms with Crippen molar-refractivity contribution in [2.75, 3.05) is 38.2 Å².